The van der Waals surface area contributed by atoms with Gasteiger partial charge in [-0.25, -0.2) is 0 Å². The zero-order valence-corrected chi connectivity index (χ0v) is 13.7. The van der Waals surface area contributed by atoms with E-state index in [0.717, 1.165) is 37.2 Å². The van der Waals surface area contributed by atoms with Crippen LogP contribution in [0.15, 0.2) is 24.3 Å². The molecular weight excluding hydrogens is 280 g/mol. The number of carbonyl (C=O) groups excluding carboxylic acids is 1. The highest BCUT2D eigenvalue weighted by atomic mass is 16.5. The van der Waals surface area contributed by atoms with E-state index in [2.05, 4.69) is 4.90 Å². The number of aliphatic hydroxyl groups is 1. The molecule has 1 N–H and O–H groups in total. The van der Waals surface area contributed by atoms with Gasteiger partial charge in [-0.2, -0.15) is 0 Å². The highest BCUT2D eigenvalue weighted by molar-refractivity contribution is 5.73. The van der Waals surface area contributed by atoms with Crippen molar-refractivity contribution < 1.29 is 14.6 Å². The molecule has 0 spiro atoms. The van der Waals surface area contributed by atoms with E-state index in [1.807, 2.05) is 36.2 Å². The molecule has 22 heavy (non-hydrogen) atoms. The number of benzene rings is 1. The van der Waals surface area contributed by atoms with Crippen LogP contribution in [0, 0.1) is 0 Å². The van der Waals surface area contributed by atoms with Crippen LogP contribution in [0.5, 0.6) is 5.75 Å². The number of ether oxygens (including phenoxy) is 1. The molecule has 122 valence electrons. The highest BCUT2D eigenvalue weighted by Crippen LogP contribution is 2.22. The lowest BCUT2D eigenvalue weighted by atomic mass is 10.0. The molecule has 1 unspecified atom stereocenters. The Morgan fingerprint density at radius 2 is 2.14 bits per heavy atom. The van der Waals surface area contributed by atoms with Gasteiger partial charge in [0.1, 0.15) is 5.75 Å². The summed E-state index contributed by atoms with van der Waals surface area (Å²) in [6, 6.07) is 7.89. The lowest BCUT2D eigenvalue weighted by molar-refractivity contribution is -0.130. The van der Waals surface area contributed by atoms with Gasteiger partial charge in [-0.3, -0.25) is 4.79 Å². The van der Waals surface area contributed by atoms with Crippen molar-refractivity contribution in [3.05, 3.63) is 29.8 Å². The van der Waals surface area contributed by atoms with Crippen molar-refractivity contribution in [2.75, 3.05) is 33.8 Å². The second-order valence-corrected chi connectivity index (χ2v) is 5.95. The molecule has 1 aliphatic rings. The van der Waals surface area contributed by atoms with Crippen LogP contribution in [0.3, 0.4) is 0 Å². The average molecular weight is 306 g/mol. The normalized spacial score (nSPS) is 18.0. The number of amides is 1. The number of β-amino-alcohol motifs (C(OH)–C–C–N with tert-alkyl or cyclic N) is 1. The fourth-order valence-corrected chi connectivity index (χ4v) is 2.95. The molecule has 0 aliphatic carbocycles. The van der Waals surface area contributed by atoms with Crippen molar-refractivity contribution in [3.8, 4) is 5.75 Å². The summed E-state index contributed by atoms with van der Waals surface area (Å²) in [5.41, 5.74) is 0.877. The number of hydrogen-bond donors (Lipinski definition) is 1. The minimum Gasteiger partial charge on any atom is -0.497 e. The summed E-state index contributed by atoms with van der Waals surface area (Å²) in [7, 11) is 3.50. The third-order valence-corrected chi connectivity index (χ3v) is 4.51. The maximum absolute atomic E-state index is 11.4. The zero-order chi connectivity index (χ0) is 16.1. The highest BCUT2D eigenvalue weighted by Gasteiger charge is 2.25. The first-order chi connectivity index (χ1) is 10.5. The lowest BCUT2D eigenvalue weighted by Crippen LogP contribution is -2.45. The van der Waals surface area contributed by atoms with Gasteiger partial charge in [0.05, 0.1) is 13.2 Å². The van der Waals surface area contributed by atoms with Gasteiger partial charge in [0, 0.05) is 39.6 Å². The molecule has 1 atom stereocenters. The summed E-state index contributed by atoms with van der Waals surface area (Å²) >= 11 is 0. The van der Waals surface area contributed by atoms with Crippen LogP contribution in [0.2, 0.25) is 0 Å². The number of methoxy groups -OCH3 is 1. The second kappa shape index (κ2) is 7.61. The van der Waals surface area contributed by atoms with E-state index < -0.39 is 6.10 Å². The third kappa shape index (κ3) is 4.21. The number of piperidine rings is 1. The quantitative estimate of drug-likeness (QED) is 0.899. The smallest absolute Gasteiger partial charge is 0.219 e. The summed E-state index contributed by atoms with van der Waals surface area (Å²) in [5.74, 6) is 0.883. The Kier molecular flexibility index (Phi) is 5.80. The summed E-state index contributed by atoms with van der Waals surface area (Å²) < 4.78 is 5.20. The van der Waals surface area contributed by atoms with Gasteiger partial charge in [0.2, 0.25) is 5.91 Å². The first-order valence-electron chi connectivity index (χ1n) is 7.79. The van der Waals surface area contributed by atoms with Crippen LogP contribution in [-0.4, -0.2) is 60.6 Å². The Hall–Kier alpha value is -1.59. The molecule has 0 aromatic heterocycles. The molecule has 0 radical (unpaired) electrons. The van der Waals surface area contributed by atoms with Crippen LogP contribution in [0.1, 0.15) is 31.4 Å². The van der Waals surface area contributed by atoms with Gasteiger partial charge in [0.15, 0.2) is 0 Å². The molecule has 1 aromatic rings. The predicted molar refractivity (Wildman–Crippen MR) is 85.9 cm³/mol. The number of hydrogen-bond acceptors (Lipinski definition) is 4. The van der Waals surface area contributed by atoms with Crippen LogP contribution in [0.25, 0.3) is 0 Å². The lowest BCUT2D eigenvalue weighted by Gasteiger charge is -2.37. The van der Waals surface area contributed by atoms with Crippen molar-refractivity contribution in [2.24, 2.45) is 0 Å². The van der Waals surface area contributed by atoms with Gasteiger partial charge in [-0.15, -0.1) is 0 Å². The maximum atomic E-state index is 11.4. The van der Waals surface area contributed by atoms with Crippen molar-refractivity contribution in [3.63, 3.8) is 0 Å². The largest absolute Gasteiger partial charge is 0.497 e. The average Bonchev–Trinajstić information content (AvgIpc) is 2.54. The second-order valence-electron chi connectivity index (χ2n) is 5.95. The Balaban J connectivity index is 1.86. The molecule has 1 aromatic carbocycles. The van der Waals surface area contributed by atoms with Crippen molar-refractivity contribution in [2.45, 2.75) is 31.9 Å². The molecule has 1 fully saturated rings. The molecule has 1 aliphatic heterocycles. The van der Waals surface area contributed by atoms with Gasteiger partial charge < -0.3 is 19.6 Å². The zero-order valence-electron chi connectivity index (χ0n) is 13.7. The van der Waals surface area contributed by atoms with Gasteiger partial charge in [-0.1, -0.05) is 12.1 Å². The van der Waals surface area contributed by atoms with E-state index in [-0.39, 0.29) is 5.91 Å². The molecule has 5 nitrogen and oxygen atoms in total. The Morgan fingerprint density at radius 1 is 1.45 bits per heavy atom. The number of nitrogens with zero attached hydrogens (tertiary/aromatic N) is 2. The Labute approximate surface area is 132 Å². The summed E-state index contributed by atoms with van der Waals surface area (Å²) in [4.78, 5) is 15.5. The molecule has 5 heteroatoms. The molecule has 1 saturated heterocycles. The van der Waals surface area contributed by atoms with Crippen molar-refractivity contribution in [1.29, 1.82) is 0 Å². The van der Waals surface area contributed by atoms with Crippen molar-refractivity contribution >= 4 is 5.91 Å². The van der Waals surface area contributed by atoms with E-state index >= 15 is 0 Å². The fourth-order valence-electron chi connectivity index (χ4n) is 2.95. The van der Waals surface area contributed by atoms with Gasteiger partial charge in [-0.05, 0) is 30.5 Å². The number of likely N-dealkylation sites (tertiary alicyclic amines) is 1. The van der Waals surface area contributed by atoms with Crippen LogP contribution >= 0.6 is 0 Å². The minimum absolute atomic E-state index is 0.120. The van der Waals surface area contributed by atoms with Crippen LogP contribution < -0.4 is 4.74 Å². The van der Waals surface area contributed by atoms with E-state index in [4.69, 9.17) is 4.74 Å². The first-order valence-corrected chi connectivity index (χ1v) is 7.79. The van der Waals surface area contributed by atoms with E-state index in [0.29, 0.717) is 12.6 Å². The topological polar surface area (TPSA) is 53.0 Å². The molecule has 1 heterocycles. The monoisotopic (exact) mass is 306 g/mol. The van der Waals surface area contributed by atoms with E-state index in [9.17, 15) is 9.90 Å². The van der Waals surface area contributed by atoms with Gasteiger partial charge >= 0.3 is 0 Å². The summed E-state index contributed by atoms with van der Waals surface area (Å²) in [6.45, 7) is 4.04. The number of aliphatic hydroxyl groups excluding tert-OH is 1. The minimum atomic E-state index is -0.516. The molecule has 0 bridgehead atoms. The Morgan fingerprint density at radius 3 is 2.73 bits per heavy atom. The molecule has 0 saturated carbocycles. The standard InChI is InChI=1S/C17H26N2O3/c1-13(20)18(2)15-7-9-19(10-8-15)12-17(21)14-5-4-6-16(11-14)22-3/h4-6,11,15,17,21H,7-10,12H2,1-3H3. The van der Waals surface area contributed by atoms with Gasteiger partial charge in [0.25, 0.3) is 0 Å². The van der Waals surface area contributed by atoms with Crippen LogP contribution in [0.4, 0.5) is 0 Å². The number of rotatable bonds is 5. The van der Waals surface area contributed by atoms with Crippen LogP contribution in [-0.2, 0) is 4.79 Å². The summed E-state index contributed by atoms with van der Waals surface area (Å²) in [6.07, 6.45) is 1.40. The molecular formula is C17H26N2O3. The number of carbonyl (C=O) groups is 1. The first kappa shape index (κ1) is 16.8. The maximum Gasteiger partial charge on any atom is 0.219 e. The SMILES string of the molecule is COc1cccc(C(O)CN2CCC(N(C)C(C)=O)CC2)c1. The predicted octanol–water partition coefficient (Wildman–Crippen LogP) is 1.67. The van der Waals surface area contributed by atoms with E-state index in [1.165, 1.54) is 0 Å². The molecule has 1 amide bonds. The Bertz CT molecular complexity index is 498. The van der Waals surface area contributed by atoms with E-state index in [1.54, 1.807) is 14.0 Å². The molecule has 2 rings (SSSR count). The fraction of sp³-hybridized carbons (Fsp3) is 0.588. The summed E-state index contributed by atoms with van der Waals surface area (Å²) in [5, 5.41) is 10.4. The van der Waals surface area contributed by atoms with Crippen molar-refractivity contribution in [1.82, 2.24) is 9.80 Å². The third-order valence-electron chi connectivity index (χ3n) is 4.51.